The number of hydrogen-bond donors (Lipinski definition) is 1. The second kappa shape index (κ2) is 4.57. The van der Waals surface area contributed by atoms with Gasteiger partial charge in [0.2, 0.25) is 5.89 Å². The minimum atomic E-state index is 0.608. The molecule has 0 saturated carbocycles. The summed E-state index contributed by atoms with van der Waals surface area (Å²) < 4.78 is 5.32. The number of pyridine rings is 1. The summed E-state index contributed by atoms with van der Waals surface area (Å²) in [6, 6.07) is 9.81. The first-order valence-electron chi connectivity index (χ1n) is 5.96. The highest BCUT2D eigenvalue weighted by atomic mass is 16.3. The van der Waals surface area contributed by atoms with Gasteiger partial charge in [0.15, 0.2) is 0 Å². The van der Waals surface area contributed by atoms with Crippen molar-refractivity contribution >= 4 is 5.69 Å². The number of aromatic nitrogens is 2. The van der Waals surface area contributed by atoms with Gasteiger partial charge in [0.25, 0.3) is 0 Å². The highest BCUT2D eigenvalue weighted by Crippen LogP contribution is 2.27. The van der Waals surface area contributed by atoms with Crippen molar-refractivity contribution in [2.75, 3.05) is 5.73 Å². The van der Waals surface area contributed by atoms with Crippen molar-refractivity contribution in [1.29, 1.82) is 0 Å². The molecule has 3 rings (SSSR count). The van der Waals surface area contributed by atoms with Crippen molar-refractivity contribution in [3.63, 3.8) is 0 Å². The van der Waals surface area contributed by atoms with Gasteiger partial charge in [-0.15, -0.1) is 0 Å². The van der Waals surface area contributed by atoms with E-state index in [1.54, 1.807) is 18.7 Å². The lowest BCUT2D eigenvalue weighted by Gasteiger charge is -2.07. The molecule has 4 nitrogen and oxygen atoms in total. The summed E-state index contributed by atoms with van der Waals surface area (Å²) in [7, 11) is 0. The zero-order chi connectivity index (χ0) is 13.2. The second-order valence-corrected chi connectivity index (χ2v) is 4.34. The number of aryl methyl sites for hydroxylation is 1. The van der Waals surface area contributed by atoms with Crippen LogP contribution in [0.3, 0.4) is 0 Å². The molecule has 0 saturated heterocycles. The number of benzene rings is 1. The maximum Gasteiger partial charge on any atom is 0.225 e. The van der Waals surface area contributed by atoms with E-state index in [0.717, 1.165) is 22.4 Å². The van der Waals surface area contributed by atoms with E-state index in [0.29, 0.717) is 11.6 Å². The number of nitrogens with two attached hydrogens (primary N) is 1. The Morgan fingerprint density at radius 3 is 2.68 bits per heavy atom. The molecule has 0 aliphatic carbocycles. The van der Waals surface area contributed by atoms with Crippen LogP contribution in [0.4, 0.5) is 5.69 Å². The van der Waals surface area contributed by atoms with Gasteiger partial charge < -0.3 is 10.2 Å². The zero-order valence-corrected chi connectivity index (χ0v) is 10.5. The Morgan fingerprint density at radius 2 is 2.00 bits per heavy atom. The van der Waals surface area contributed by atoms with Gasteiger partial charge >= 0.3 is 0 Å². The molecule has 0 fully saturated rings. The van der Waals surface area contributed by atoms with Crippen molar-refractivity contribution in [3.05, 3.63) is 54.6 Å². The number of rotatable bonds is 2. The van der Waals surface area contributed by atoms with Gasteiger partial charge in [-0.1, -0.05) is 6.07 Å². The van der Waals surface area contributed by atoms with Crippen molar-refractivity contribution in [3.8, 4) is 22.7 Å². The van der Waals surface area contributed by atoms with Crippen LogP contribution in [0.2, 0.25) is 0 Å². The number of nitrogen functional groups attached to an aromatic ring is 1. The lowest BCUT2D eigenvalue weighted by molar-refractivity contribution is 0.574. The summed E-state index contributed by atoms with van der Waals surface area (Å²) in [5.74, 6) is 0.608. The number of oxazole rings is 1. The van der Waals surface area contributed by atoms with Gasteiger partial charge in [-0.2, -0.15) is 0 Å². The van der Waals surface area contributed by atoms with E-state index >= 15 is 0 Å². The fourth-order valence-corrected chi connectivity index (χ4v) is 1.96. The van der Waals surface area contributed by atoms with Crippen LogP contribution in [-0.4, -0.2) is 9.97 Å². The van der Waals surface area contributed by atoms with Crippen LogP contribution in [0.1, 0.15) is 5.56 Å². The van der Waals surface area contributed by atoms with Crippen molar-refractivity contribution in [1.82, 2.24) is 9.97 Å². The molecule has 94 valence electrons. The summed E-state index contributed by atoms with van der Waals surface area (Å²) in [5.41, 5.74) is 10.3. The van der Waals surface area contributed by atoms with E-state index in [1.165, 1.54) is 0 Å². The number of anilines is 1. The number of nitrogens with zero attached hydrogens (tertiary/aromatic N) is 2. The number of hydrogen-bond acceptors (Lipinski definition) is 4. The fraction of sp³-hybridized carbons (Fsp3) is 0.0667. The third-order valence-corrected chi connectivity index (χ3v) is 2.98. The van der Waals surface area contributed by atoms with Crippen molar-refractivity contribution < 1.29 is 4.42 Å². The molecule has 0 amide bonds. The Kier molecular flexibility index (Phi) is 2.76. The Balaban J connectivity index is 2.10. The molecular formula is C15H13N3O. The molecule has 0 bridgehead atoms. The molecular weight excluding hydrogens is 238 g/mol. The zero-order valence-electron chi connectivity index (χ0n) is 10.5. The minimum absolute atomic E-state index is 0.608. The van der Waals surface area contributed by atoms with E-state index < -0.39 is 0 Å². The Labute approximate surface area is 110 Å². The van der Waals surface area contributed by atoms with E-state index in [-0.39, 0.29) is 0 Å². The lowest BCUT2D eigenvalue weighted by Crippen LogP contribution is -1.91. The molecule has 2 N–H and O–H groups in total. The highest BCUT2D eigenvalue weighted by molar-refractivity contribution is 5.70. The molecule has 0 spiro atoms. The molecule has 0 radical (unpaired) electrons. The molecule has 0 atom stereocenters. The molecule has 19 heavy (non-hydrogen) atoms. The van der Waals surface area contributed by atoms with Gasteiger partial charge in [-0.3, -0.25) is 4.98 Å². The van der Waals surface area contributed by atoms with Crippen LogP contribution in [0.25, 0.3) is 22.7 Å². The van der Waals surface area contributed by atoms with Crippen LogP contribution < -0.4 is 5.73 Å². The minimum Gasteiger partial charge on any atom is -0.445 e. The van der Waals surface area contributed by atoms with Gasteiger partial charge in [-0.05, 0) is 36.8 Å². The quantitative estimate of drug-likeness (QED) is 0.759. The van der Waals surface area contributed by atoms with Crippen LogP contribution in [0, 0.1) is 6.92 Å². The summed E-state index contributed by atoms with van der Waals surface area (Å²) in [4.78, 5) is 8.51. The molecule has 0 aliphatic heterocycles. The Hall–Kier alpha value is -2.62. The van der Waals surface area contributed by atoms with Gasteiger partial charge in [-0.25, -0.2) is 4.98 Å². The summed E-state index contributed by atoms with van der Waals surface area (Å²) in [5, 5.41) is 0. The molecule has 4 heteroatoms. The summed E-state index contributed by atoms with van der Waals surface area (Å²) in [6.45, 7) is 2.05. The van der Waals surface area contributed by atoms with Crippen LogP contribution in [0.15, 0.2) is 53.4 Å². The molecule has 1 aromatic carbocycles. The molecule has 0 aliphatic rings. The first kappa shape index (κ1) is 11.5. The van der Waals surface area contributed by atoms with E-state index in [2.05, 4.69) is 9.97 Å². The smallest absolute Gasteiger partial charge is 0.225 e. The average Bonchev–Trinajstić information content (AvgIpc) is 2.94. The van der Waals surface area contributed by atoms with E-state index in [1.807, 2.05) is 37.3 Å². The van der Waals surface area contributed by atoms with E-state index in [4.69, 9.17) is 10.2 Å². The standard InChI is InChI=1S/C15H13N3O/c1-10-2-3-11(15-17-6-7-19-15)8-13(10)14-5-4-12(16)9-18-14/h2-9H,16H2,1H3. The van der Waals surface area contributed by atoms with Crippen molar-refractivity contribution in [2.24, 2.45) is 0 Å². The summed E-state index contributed by atoms with van der Waals surface area (Å²) >= 11 is 0. The van der Waals surface area contributed by atoms with Crippen LogP contribution in [-0.2, 0) is 0 Å². The predicted octanol–water partition coefficient (Wildman–Crippen LogP) is 3.29. The predicted molar refractivity (Wildman–Crippen MR) is 74.3 cm³/mol. The molecule has 2 aromatic heterocycles. The van der Waals surface area contributed by atoms with Gasteiger partial charge in [0, 0.05) is 11.1 Å². The average molecular weight is 251 g/mol. The Morgan fingerprint density at radius 1 is 1.11 bits per heavy atom. The molecule has 2 heterocycles. The van der Waals surface area contributed by atoms with Crippen molar-refractivity contribution in [2.45, 2.75) is 6.92 Å². The first-order chi connectivity index (χ1) is 9.24. The third kappa shape index (κ3) is 2.20. The largest absolute Gasteiger partial charge is 0.445 e. The SMILES string of the molecule is Cc1ccc(-c2ncco2)cc1-c1ccc(N)cn1. The van der Waals surface area contributed by atoms with Gasteiger partial charge in [0.1, 0.15) is 6.26 Å². The van der Waals surface area contributed by atoms with E-state index in [9.17, 15) is 0 Å². The molecule has 0 unspecified atom stereocenters. The maximum absolute atomic E-state index is 5.66. The summed E-state index contributed by atoms with van der Waals surface area (Å²) in [6.07, 6.45) is 4.86. The van der Waals surface area contributed by atoms with Crippen LogP contribution >= 0.6 is 0 Å². The molecule has 3 aromatic rings. The fourth-order valence-electron chi connectivity index (χ4n) is 1.96. The second-order valence-electron chi connectivity index (χ2n) is 4.34. The third-order valence-electron chi connectivity index (χ3n) is 2.98. The first-order valence-corrected chi connectivity index (χ1v) is 5.96. The monoisotopic (exact) mass is 251 g/mol. The van der Waals surface area contributed by atoms with Crippen LogP contribution in [0.5, 0.6) is 0 Å². The van der Waals surface area contributed by atoms with Gasteiger partial charge in [0.05, 0.1) is 23.8 Å². The topological polar surface area (TPSA) is 64.9 Å². The Bertz CT molecular complexity index is 688. The normalized spacial score (nSPS) is 10.6. The highest BCUT2D eigenvalue weighted by Gasteiger charge is 2.08. The maximum atomic E-state index is 5.66. The lowest BCUT2D eigenvalue weighted by atomic mass is 10.0.